The van der Waals surface area contributed by atoms with E-state index in [0.717, 1.165) is 5.56 Å². The number of phenolic OH excluding ortho intramolecular Hbond substituents is 1. The van der Waals surface area contributed by atoms with Gasteiger partial charge in [0.1, 0.15) is 11.5 Å². The predicted octanol–water partition coefficient (Wildman–Crippen LogP) is 2.77. The summed E-state index contributed by atoms with van der Waals surface area (Å²) < 4.78 is 19.7. The van der Waals surface area contributed by atoms with Crippen LogP contribution in [-0.2, 0) is 11.3 Å². The van der Waals surface area contributed by atoms with Crippen molar-refractivity contribution in [1.29, 1.82) is 0 Å². The Morgan fingerprint density at radius 2 is 1.89 bits per heavy atom. The minimum absolute atomic E-state index is 0.174. The molecule has 2 aromatic carbocycles. The van der Waals surface area contributed by atoms with Crippen molar-refractivity contribution in [1.82, 2.24) is 0 Å². The van der Waals surface area contributed by atoms with E-state index in [1.54, 1.807) is 36.4 Å². The lowest BCUT2D eigenvalue weighted by Gasteiger charge is -2.09. The maximum Gasteiger partial charge on any atom is 0.316 e. The summed E-state index contributed by atoms with van der Waals surface area (Å²) >= 11 is -1.67. The summed E-state index contributed by atoms with van der Waals surface area (Å²) in [4.78, 5) is 0. The Hall–Kier alpha value is -2.01. The Bertz CT molecular complexity index is 557. The first-order valence-corrected chi connectivity index (χ1v) is 6.44. The van der Waals surface area contributed by atoms with E-state index in [1.807, 2.05) is 13.0 Å². The van der Waals surface area contributed by atoms with Crippen molar-refractivity contribution in [3.05, 3.63) is 54.1 Å². The van der Waals surface area contributed by atoms with Crippen LogP contribution in [0.5, 0.6) is 11.5 Å². The van der Waals surface area contributed by atoms with Crippen LogP contribution in [0.25, 0.3) is 0 Å². The van der Waals surface area contributed by atoms with Crippen molar-refractivity contribution in [3.63, 3.8) is 0 Å². The van der Waals surface area contributed by atoms with Crippen LogP contribution < -0.4 is 8.91 Å². The number of hydrogen-bond donors (Lipinski definition) is 2. The quantitative estimate of drug-likeness (QED) is 0.834. The first-order chi connectivity index (χ1) is 8.65. The first kappa shape index (κ1) is 12.4. The van der Waals surface area contributed by atoms with Gasteiger partial charge in [-0.2, -0.15) is 4.21 Å². The highest BCUT2D eigenvalue weighted by Crippen LogP contribution is 2.21. The van der Waals surface area contributed by atoms with Gasteiger partial charge in [0.05, 0.1) is 5.69 Å². The zero-order chi connectivity index (χ0) is 13.0. The maximum atomic E-state index is 11.7. The third-order valence-corrected chi connectivity index (χ3v) is 3.05. The Kier molecular flexibility index (Phi) is 3.84. The largest absolute Gasteiger partial charge is 0.508 e. The molecule has 18 heavy (non-hydrogen) atoms. The molecule has 1 unspecified atom stereocenters. The Labute approximate surface area is 108 Å². The fraction of sp³-hybridized carbons (Fsp3) is 0.0769. The zero-order valence-corrected chi connectivity index (χ0v) is 10.6. The molecule has 2 aromatic rings. The molecule has 0 aliphatic carbocycles. The van der Waals surface area contributed by atoms with E-state index >= 15 is 0 Å². The maximum absolute atomic E-state index is 11.7. The minimum atomic E-state index is -1.67. The number of para-hydroxylation sites is 1. The van der Waals surface area contributed by atoms with Crippen LogP contribution in [0.1, 0.15) is 5.56 Å². The number of phenols is 1. The van der Waals surface area contributed by atoms with E-state index in [1.165, 1.54) is 6.07 Å². The third kappa shape index (κ3) is 3.24. The lowest BCUT2D eigenvalue weighted by molar-refractivity contribution is 0.475. The highest BCUT2D eigenvalue weighted by atomic mass is 32.2. The standard InChI is InChI=1S/C13H13NO3S/c1-10-9-11(15)7-8-13(10)14-18(16)17-12-5-3-2-4-6-12/h2-9,14-15H,1H3. The van der Waals surface area contributed by atoms with Gasteiger partial charge < -0.3 is 9.29 Å². The van der Waals surface area contributed by atoms with Crippen molar-refractivity contribution in [3.8, 4) is 11.5 Å². The molecule has 2 rings (SSSR count). The van der Waals surface area contributed by atoms with Crippen LogP contribution >= 0.6 is 0 Å². The van der Waals surface area contributed by atoms with E-state index in [2.05, 4.69) is 4.72 Å². The molecular weight excluding hydrogens is 250 g/mol. The predicted molar refractivity (Wildman–Crippen MR) is 71.7 cm³/mol. The van der Waals surface area contributed by atoms with Crippen LogP contribution in [0, 0.1) is 6.92 Å². The van der Waals surface area contributed by atoms with Crippen molar-refractivity contribution < 1.29 is 13.5 Å². The molecule has 0 aliphatic heterocycles. The summed E-state index contributed by atoms with van der Waals surface area (Å²) in [5.74, 6) is 0.701. The molecule has 0 saturated carbocycles. The molecule has 2 N–H and O–H groups in total. The molecule has 0 radical (unpaired) electrons. The van der Waals surface area contributed by atoms with Gasteiger partial charge in [0.25, 0.3) is 0 Å². The van der Waals surface area contributed by atoms with E-state index < -0.39 is 11.3 Å². The van der Waals surface area contributed by atoms with Gasteiger partial charge in [-0.15, -0.1) is 0 Å². The zero-order valence-electron chi connectivity index (χ0n) is 9.79. The van der Waals surface area contributed by atoms with Crippen molar-refractivity contribution >= 4 is 17.0 Å². The number of rotatable bonds is 4. The van der Waals surface area contributed by atoms with E-state index in [9.17, 15) is 9.32 Å². The normalized spacial score (nSPS) is 11.8. The summed E-state index contributed by atoms with van der Waals surface area (Å²) in [5.41, 5.74) is 1.45. The lowest BCUT2D eigenvalue weighted by Crippen LogP contribution is -2.11. The van der Waals surface area contributed by atoms with Crippen LogP contribution in [0.2, 0.25) is 0 Å². The second-order valence-electron chi connectivity index (χ2n) is 3.73. The SMILES string of the molecule is Cc1cc(O)ccc1NS(=O)Oc1ccccc1. The van der Waals surface area contributed by atoms with E-state index in [0.29, 0.717) is 11.4 Å². The van der Waals surface area contributed by atoms with Gasteiger partial charge in [-0.25, -0.2) is 0 Å². The molecule has 0 heterocycles. The monoisotopic (exact) mass is 263 g/mol. The molecule has 94 valence electrons. The third-order valence-electron chi connectivity index (χ3n) is 2.32. The topological polar surface area (TPSA) is 58.6 Å². The van der Waals surface area contributed by atoms with Crippen LogP contribution in [0.4, 0.5) is 5.69 Å². The second kappa shape index (κ2) is 5.55. The van der Waals surface area contributed by atoms with Crippen molar-refractivity contribution in [2.75, 3.05) is 4.72 Å². The van der Waals surface area contributed by atoms with Crippen molar-refractivity contribution in [2.45, 2.75) is 6.92 Å². The van der Waals surface area contributed by atoms with Gasteiger partial charge in [0.2, 0.25) is 0 Å². The summed E-state index contributed by atoms with van der Waals surface area (Å²) in [6.07, 6.45) is 0. The number of aromatic hydroxyl groups is 1. The molecule has 4 nitrogen and oxygen atoms in total. The number of anilines is 1. The average molecular weight is 263 g/mol. The second-order valence-corrected chi connectivity index (χ2v) is 4.57. The summed E-state index contributed by atoms with van der Waals surface area (Å²) in [6.45, 7) is 1.81. The molecule has 0 fully saturated rings. The lowest BCUT2D eigenvalue weighted by atomic mass is 10.2. The average Bonchev–Trinajstić information content (AvgIpc) is 2.34. The number of nitrogens with one attached hydrogen (secondary N) is 1. The van der Waals surface area contributed by atoms with Gasteiger partial charge in [-0.3, -0.25) is 4.72 Å². The van der Waals surface area contributed by atoms with Crippen LogP contribution in [-0.4, -0.2) is 9.32 Å². The molecule has 0 aliphatic rings. The summed E-state index contributed by atoms with van der Waals surface area (Å²) in [7, 11) is 0. The first-order valence-electron chi connectivity index (χ1n) is 5.36. The molecule has 0 amide bonds. The van der Waals surface area contributed by atoms with Gasteiger partial charge in [-0.05, 0) is 42.8 Å². The summed E-state index contributed by atoms with van der Waals surface area (Å²) in [6, 6.07) is 13.7. The van der Waals surface area contributed by atoms with Crippen molar-refractivity contribution in [2.24, 2.45) is 0 Å². The highest BCUT2D eigenvalue weighted by Gasteiger charge is 2.05. The van der Waals surface area contributed by atoms with Gasteiger partial charge in [0, 0.05) is 0 Å². The van der Waals surface area contributed by atoms with E-state index in [-0.39, 0.29) is 5.75 Å². The Balaban J connectivity index is 2.03. The van der Waals surface area contributed by atoms with Crippen LogP contribution in [0.3, 0.4) is 0 Å². The Morgan fingerprint density at radius 1 is 1.17 bits per heavy atom. The number of benzene rings is 2. The van der Waals surface area contributed by atoms with Crippen LogP contribution in [0.15, 0.2) is 48.5 Å². The molecule has 5 heteroatoms. The Morgan fingerprint density at radius 3 is 2.56 bits per heavy atom. The van der Waals surface area contributed by atoms with Gasteiger partial charge >= 0.3 is 11.3 Å². The highest BCUT2D eigenvalue weighted by molar-refractivity contribution is 7.82. The van der Waals surface area contributed by atoms with E-state index in [4.69, 9.17) is 4.18 Å². The minimum Gasteiger partial charge on any atom is -0.508 e. The molecule has 0 saturated heterocycles. The fourth-order valence-corrected chi connectivity index (χ4v) is 2.17. The molecule has 0 spiro atoms. The molecule has 1 atom stereocenters. The molecule has 0 aromatic heterocycles. The smallest absolute Gasteiger partial charge is 0.316 e. The number of hydrogen-bond acceptors (Lipinski definition) is 3. The van der Waals surface area contributed by atoms with Gasteiger partial charge in [-0.1, -0.05) is 18.2 Å². The molecule has 0 bridgehead atoms. The summed E-state index contributed by atoms with van der Waals surface area (Å²) in [5, 5.41) is 9.27. The fourth-order valence-electron chi connectivity index (χ4n) is 1.44. The number of aryl methyl sites for hydroxylation is 1. The molecular formula is C13H13NO3S. The van der Waals surface area contributed by atoms with Gasteiger partial charge in [0.15, 0.2) is 0 Å².